The molecular formula is C46H91NO5. The number of aliphatic hydroxyl groups excluding tert-OH is 1. The maximum absolute atomic E-state index is 12.8. The van der Waals surface area contributed by atoms with Gasteiger partial charge in [-0.05, 0) is 83.7 Å². The molecule has 1 N–H and O–H groups in total. The second-order valence-electron chi connectivity index (χ2n) is 15.9. The summed E-state index contributed by atoms with van der Waals surface area (Å²) in [6.45, 7) is 11.6. The first-order valence-electron chi connectivity index (χ1n) is 23.2. The second kappa shape index (κ2) is 41.0. The van der Waals surface area contributed by atoms with E-state index < -0.39 is 0 Å². The number of hydrogen-bond donors (Lipinski definition) is 1. The number of hydrogen-bond acceptors (Lipinski definition) is 6. The van der Waals surface area contributed by atoms with E-state index in [1.807, 2.05) is 0 Å². The van der Waals surface area contributed by atoms with Crippen LogP contribution < -0.4 is 0 Å². The van der Waals surface area contributed by atoms with Gasteiger partial charge in [-0.1, -0.05) is 163 Å². The fourth-order valence-electron chi connectivity index (χ4n) is 7.33. The van der Waals surface area contributed by atoms with Crippen LogP contribution in [0.3, 0.4) is 0 Å². The Bertz CT molecular complexity index is 730. The van der Waals surface area contributed by atoms with Gasteiger partial charge in [0.05, 0.1) is 6.61 Å². The molecule has 6 heteroatoms. The molecule has 0 aliphatic rings. The van der Waals surface area contributed by atoms with E-state index >= 15 is 0 Å². The molecule has 0 radical (unpaired) electrons. The van der Waals surface area contributed by atoms with Crippen LogP contribution in [-0.4, -0.2) is 60.4 Å². The fourth-order valence-corrected chi connectivity index (χ4v) is 7.33. The van der Waals surface area contributed by atoms with Crippen LogP contribution in [-0.2, 0) is 19.1 Å². The van der Waals surface area contributed by atoms with Gasteiger partial charge in [-0.3, -0.25) is 9.59 Å². The summed E-state index contributed by atoms with van der Waals surface area (Å²) in [5, 5.41) is 9.63. The van der Waals surface area contributed by atoms with Gasteiger partial charge in [0.2, 0.25) is 0 Å². The molecule has 0 amide bonds. The molecule has 1 atom stereocenters. The molecule has 0 aromatic heterocycles. The standard InChI is InChI=1S/C46H91NO5/c1-5-9-13-17-21-27-34-43(33-26-16-12-8-4)52-46(50)38-32-40-47(41-42-48)39-31-25-20-24-30-37-45(49)51-44(35-28-22-18-14-10-6-2)36-29-23-19-15-11-7-3/h43-44,48H,5-42H2,1-4H3. The van der Waals surface area contributed by atoms with Gasteiger partial charge in [0.1, 0.15) is 12.2 Å². The van der Waals surface area contributed by atoms with Crippen LogP contribution in [0, 0.1) is 0 Å². The summed E-state index contributed by atoms with van der Waals surface area (Å²) in [6.07, 6.45) is 39.0. The monoisotopic (exact) mass is 738 g/mol. The number of ether oxygens (including phenoxy) is 2. The normalized spacial score (nSPS) is 12.2. The van der Waals surface area contributed by atoms with E-state index in [1.165, 1.54) is 128 Å². The third-order valence-electron chi connectivity index (χ3n) is 10.7. The quantitative estimate of drug-likeness (QED) is 0.0496. The summed E-state index contributed by atoms with van der Waals surface area (Å²) >= 11 is 0. The van der Waals surface area contributed by atoms with Crippen LogP contribution in [0.1, 0.15) is 246 Å². The van der Waals surface area contributed by atoms with Gasteiger partial charge in [0.25, 0.3) is 0 Å². The number of unbranched alkanes of at least 4 members (excludes halogenated alkanes) is 22. The highest BCUT2D eigenvalue weighted by atomic mass is 16.5. The number of aliphatic hydroxyl groups is 1. The lowest BCUT2D eigenvalue weighted by Gasteiger charge is -2.22. The lowest BCUT2D eigenvalue weighted by Crippen LogP contribution is -2.29. The van der Waals surface area contributed by atoms with Gasteiger partial charge in [0.15, 0.2) is 0 Å². The first-order chi connectivity index (χ1) is 25.5. The summed E-state index contributed by atoms with van der Waals surface area (Å²) in [4.78, 5) is 27.8. The van der Waals surface area contributed by atoms with Crippen molar-refractivity contribution in [1.29, 1.82) is 0 Å². The van der Waals surface area contributed by atoms with Crippen molar-refractivity contribution in [3.05, 3.63) is 0 Å². The van der Waals surface area contributed by atoms with E-state index in [1.54, 1.807) is 0 Å². The lowest BCUT2D eigenvalue weighted by atomic mass is 10.0. The highest BCUT2D eigenvalue weighted by Crippen LogP contribution is 2.19. The van der Waals surface area contributed by atoms with Crippen LogP contribution in [0.4, 0.5) is 0 Å². The van der Waals surface area contributed by atoms with Crippen LogP contribution in [0.2, 0.25) is 0 Å². The molecule has 0 aromatic carbocycles. The van der Waals surface area contributed by atoms with Crippen molar-refractivity contribution < 1.29 is 24.2 Å². The zero-order valence-corrected chi connectivity index (χ0v) is 35.6. The first-order valence-corrected chi connectivity index (χ1v) is 23.2. The highest BCUT2D eigenvalue weighted by molar-refractivity contribution is 5.69. The summed E-state index contributed by atoms with van der Waals surface area (Å²) in [7, 11) is 0. The number of carbonyl (C=O) groups is 2. The first kappa shape index (κ1) is 50.9. The maximum Gasteiger partial charge on any atom is 0.306 e. The largest absolute Gasteiger partial charge is 0.462 e. The molecule has 310 valence electrons. The Morgan fingerprint density at radius 2 is 0.712 bits per heavy atom. The zero-order valence-electron chi connectivity index (χ0n) is 35.6. The van der Waals surface area contributed by atoms with Crippen LogP contribution in [0.5, 0.6) is 0 Å². The van der Waals surface area contributed by atoms with Crippen molar-refractivity contribution in [3.63, 3.8) is 0 Å². The fraction of sp³-hybridized carbons (Fsp3) is 0.957. The molecule has 52 heavy (non-hydrogen) atoms. The topological polar surface area (TPSA) is 76.1 Å². The Morgan fingerprint density at radius 3 is 1.12 bits per heavy atom. The minimum atomic E-state index is -0.0508. The molecule has 0 aromatic rings. The van der Waals surface area contributed by atoms with E-state index in [4.69, 9.17) is 9.47 Å². The van der Waals surface area contributed by atoms with Crippen molar-refractivity contribution in [1.82, 2.24) is 4.90 Å². The third kappa shape index (κ3) is 35.9. The van der Waals surface area contributed by atoms with Crippen molar-refractivity contribution >= 4 is 11.9 Å². The Labute approximate surface area is 324 Å². The molecule has 0 rings (SSSR count). The minimum Gasteiger partial charge on any atom is -0.462 e. The maximum atomic E-state index is 12.8. The van der Waals surface area contributed by atoms with Gasteiger partial charge < -0.3 is 19.5 Å². The summed E-state index contributed by atoms with van der Waals surface area (Å²) in [6, 6.07) is 0. The molecule has 1 unspecified atom stereocenters. The van der Waals surface area contributed by atoms with Crippen LogP contribution in [0.25, 0.3) is 0 Å². The SMILES string of the molecule is CCCCCCCCC(CCCCCCCC)OC(=O)CCCCCCCN(CCO)CCCC(=O)OC(CCCCCC)CCCCCCCC. The van der Waals surface area contributed by atoms with Gasteiger partial charge in [-0.15, -0.1) is 0 Å². The smallest absolute Gasteiger partial charge is 0.306 e. The summed E-state index contributed by atoms with van der Waals surface area (Å²) in [5.41, 5.74) is 0. The molecule has 0 aliphatic carbocycles. The van der Waals surface area contributed by atoms with E-state index in [2.05, 4.69) is 32.6 Å². The average Bonchev–Trinajstić information content (AvgIpc) is 3.13. The molecule has 0 fully saturated rings. The molecular weight excluding hydrogens is 647 g/mol. The van der Waals surface area contributed by atoms with Gasteiger partial charge >= 0.3 is 11.9 Å². The number of rotatable bonds is 42. The molecule has 0 saturated heterocycles. The van der Waals surface area contributed by atoms with Crippen LogP contribution in [0.15, 0.2) is 0 Å². The second-order valence-corrected chi connectivity index (χ2v) is 15.9. The van der Waals surface area contributed by atoms with Gasteiger partial charge in [0, 0.05) is 19.4 Å². The predicted molar refractivity (Wildman–Crippen MR) is 223 cm³/mol. The summed E-state index contributed by atoms with van der Waals surface area (Å²) < 4.78 is 12.0. The van der Waals surface area contributed by atoms with Crippen molar-refractivity contribution in [2.75, 3.05) is 26.2 Å². The molecule has 0 aliphatic heterocycles. The molecule has 0 bridgehead atoms. The van der Waals surface area contributed by atoms with Crippen molar-refractivity contribution in [2.45, 2.75) is 258 Å². The Hall–Kier alpha value is -1.14. The van der Waals surface area contributed by atoms with E-state index in [0.717, 1.165) is 90.1 Å². The lowest BCUT2D eigenvalue weighted by molar-refractivity contribution is -0.151. The number of nitrogens with zero attached hydrogens (tertiary/aromatic N) is 1. The van der Waals surface area contributed by atoms with Crippen molar-refractivity contribution in [2.24, 2.45) is 0 Å². The third-order valence-corrected chi connectivity index (χ3v) is 10.7. The predicted octanol–water partition coefficient (Wildman–Crippen LogP) is 13.4. The molecule has 0 heterocycles. The van der Waals surface area contributed by atoms with E-state index in [0.29, 0.717) is 19.4 Å². The molecule has 0 spiro atoms. The Morgan fingerprint density at radius 1 is 0.404 bits per heavy atom. The minimum absolute atomic E-state index is 0.000152. The highest BCUT2D eigenvalue weighted by Gasteiger charge is 2.16. The zero-order chi connectivity index (χ0) is 38.2. The van der Waals surface area contributed by atoms with E-state index in [9.17, 15) is 14.7 Å². The van der Waals surface area contributed by atoms with E-state index in [-0.39, 0.29) is 30.8 Å². The molecule has 6 nitrogen and oxygen atoms in total. The number of carbonyl (C=O) groups excluding carboxylic acids is 2. The van der Waals surface area contributed by atoms with Gasteiger partial charge in [-0.2, -0.15) is 0 Å². The molecule has 0 saturated carbocycles. The Balaban J connectivity index is 4.34. The Kier molecular flexibility index (Phi) is 40.1. The van der Waals surface area contributed by atoms with Crippen molar-refractivity contribution in [3.8, 4) is 0 Å². The number of esters is 2. The average molecular weight is 738 g/mol. The van der Waals surface area contributed by atoms with Crippen LogP contribution >= 0.6 is 0 Å². The summed E-state index contributed by atoms with van der Waals surface area (Å²) in [5.74, 6) is -0.0510. The van der Waals surface area contributed by atoms with Gasteiger partial charge in [-0.25, -0.2) is 0 Å².